The Balaban J connectivity index is 2.28. The first-order chi connectivity index (χ1) is 8.95. The maximum atomic E-state index is 9.56. The molecule has 0 radical (unpaired) electrons. The van der Waals surface area contributed by atoms with Gasteiger partial charge >= 0.3 is 0 Å². The predicted molar refractivity (Wildman–Crippen MR) is 82.6 cm³/mol. The van der Waals surface area contributed by atoms with E-state index < -0.39 is 6.10 Å². The van der Waals surface area contributed by atoms with Gasteiger partial charge in [0.25, 0.3) is 0 Å². The van der Waals surface area contributed by atoms with Crippen LogP contribution in [-0.2, 0) is 0 Å². The molecule has 2 nitrogen and oxygen atoms in total. The summed E-state index contributed by atoms with van der Waals surface area (Å²) < 4.78 is 0.983. The van der Waals surface area contributed by atoms with Gasteiger partial charge in [0.15, 0.2) is 0 Å². The summed E-state index contributed by atoms with van der Waals surface area (Å²) in [5.74, 6) is 0. The Hall–Kier alpha value is -0.840. The van der Waals surface area contributed by atoms with Gasteiger partial charge in [-0.05, 0) is 72.1 Å². The summed E-state index contributed by atoms with van der Waals surface area (Å²) in [6, 6.07) is 10.1. The van der Waals surface area contributed by atoms with Gasteiger partial charge in [-0.2, -0.15) is 0 Å². The Kier molecular flexibility index (Phi) is 4.66. The lowest BCUT2D eigenvalue weighted by Crippen LogP contribution is -1.91. The van der Waals surface area contributed by atoms with E-state index in [2.05, 4.69) is 40.0 Å². The third-order valence-electron chi connectivity index (χ3n) is 2.73. The first-order valence-corrected chi connectivity index (χ1v) is 7.67. The van der Waals surface area contributed by atoms with Gasteiger partial charge in [-0.3, -0.25) is 0 Å². The minimum atomic E-state index is -0.449. The number of rotatable bonds is 3. The summed E-state index contributed by atoms with van der Waals surface area (Å²) in [7, 11) is 0. The lowest BCUT2D eigenvalue weighted by atomic mass is 10.1. The van der Waals surface area contributed by atoms with Crippen molar-refractivity contribution in [1.29, 1.82) is 0 Å². The highest BCUT2D eigenvalue weighted by Crippen LogP contribution is 2.34. The topological polar surface area (TPSA) is 33.1 Å². The first-order valence-electron chi connectivity index (χ1n) is 6.06. The fourth-order valence-electron chi connectivity index (χ4n) is 1.83. The number of aliphatic hydroxyl groups is 1. The highest BCUT2D eigenvalue weighted by Gasteiger charge is 2.08. The van der Waals surface area contributed by atoms with Crippen molar-refractivity contribution in [2.24, 2.45) is 0 Å². The van der Waals surface area contributed by atoms with Crippen LogP contribution in [0.1, 0.15) is 29.8 Å². The lowest BCUT2D eigenvalue weighted by molar-refractivity contribution is 0.199. The van der Waals surface area contributed by atoms with Crippen LogP contribution in [0.3, 0.4) is 0 Å². The van der Waals surface area contributed by atoms with Crippen LogP contribution in [0.4, 0.5) is 0 Å². The number of aliphatic hydroxyl groups excluding tert-OH is 1. The molecule has 1 aromatic carbocycles. The lowest BCUT2D eigenvalue weighted by Gasteiger charge is -2.09. The monoisotopic (exact) mass is 337 g/mol. The van der Waals surface area contributed by atoms with Gasteiger partial charge in [-0.15, -0.1) is 0 Å². The SMILES string of the molecule is Cc1cc(C)nc(Sc2ccc([C@H](C)O)cc2Br)c1. The zero-order valence-corrected chi connectivity index (χ0v) is 13.5. The van der Waals surface area contributed by atoms with E-state index in [0.717, 1.165) is 25.7 Å². The second-order valence-corrected chi connectivity index (χ2v) is 6.51. The number of halogens is 1. The Morgan fingerprint density at radius 3 is 2.53 bits per heavy atom. The summed E-state index contributed by atoms with van der Waals surface area (Å²) in [6.07, 6.45) is -0.449. The van der Waals surface area contributed by atoms with E-state index in [1.54, 1.807) is 18.7 Å². The largest absolute Gasteiger partial charge is 0.389 e. The smallest absolute Gasteiger partial charge is 0.101 e. The predicted octanol–water partition coefficient (Wildman–Crippen LogP) is 4.67. The fourth-order valence-corrected chi connectivity index (χ4v) is 3.42. The molecular formula is C15H16BrNOS. The van der Waals surface area contributed by atoms with Gasteiger partial charge in [0, 0.05) is 15.1 Å². The molecule has 2 aromatic rings. The number of hydrogen-bond donors (Lipinski definition) is 1. The Bertz CT molecular complexity index is 578. The van der Waals surface area contributed by atoms with Gasteiger partial charge in [-0.1, -0.05) is 17.8 Å². The van der Waals surface area contributed by atoms with Gasteiger partial charge < -0.3 is 5.11 Å². The molecule has 0 amide bonds. The van der Waals surface area contributed by atoms with Crippen LogP contribution in [0, 0.1) is 13.8 Å². The molecule has 1 N–H and O–H groups in total. The molecule has 0 saturated carbocycles. The second kappa shape index (κ2) is 6.07. The molecule has 1 aromatic heterocycles. The van der Waals surface area contributed by atoms with E-state index in [9.17, 15) is 5.11 Å². The quantitative estimate of drug-likeness (QED) is 0.883. The minimum Gasteiger partial charge on any atom is -0.389 e. The maximum absolute atomic E-state index is 9.56. The van der Waals surface area contributed by atoms with E-state index in [4.69, 9.17) is 0 Å². The van der Waals surface area contributed by atoms with Crippen LogP contribution in [-0.4, -0.2) is 10.1 Å². The Labute approximate surface area is 126 Å². The molecule has 0 unspecified atom stereocenters. The van der Waals surface area contributed by atoms with Crippen LogP contribution in [0.15, 0.2) is 44.7 Å². The molecule has 19 heavy (non-hydrogen) atoms. The van der Waals surface area contributed by atoms with Crippen molar-refractivity contribution in [3.8, 4) is 0 Å². The molecule has 0 aliphatic rings. The number of aromatic nitrogens is 1. The average molecular weight is 338 g/mol. The van der Waals surface area contributed by atoms with Crippen molar-refractivity contribution in [1.82, 2.24) is 4.98 Å². The van der Waals surface area contributed by atoms with Crippen molar-refractivity contribution >= 4 is 27.7 Å². The zero-order chi connectivity index (χ0) is 14.0. The standard InChI is InChI=1S/C15H16BrNOS/c1-9-6-10(2)17-15(7-9)19-14-5-4-12(11(3)18)8-13(14)16/h4-8,11,18H,1-3H3/t11-/m0/s1. The number of benzene rings is 1. The van der Waals surface area contributed by atoms with E-state index in [1.807, 2.05) is 25.1 Å². The van der Waals surface area contributed by atoms with Gasteiger partial charge in [-0.25, -0.2) is 4.98 Å². The molecule has 4 heteroatoms. The molecule has 0 aliphatic heterocycles. The van der Waals surface area contributed by atoms with Crippen LogP contribution in [0.2, 0.25) is 0 Å². The molecular weight excluding hydrogens is 322 g/mol. The Morgan fingerprint density at radius 2 is 1.95 bits per heavy atom. The van der Waals surface area contributed by atoms with Crippen molar-refractivity contribution in [2.45, 2.75) is 36.8 Å². The second-order valence-electron chi connectivity index (χ2n) is 4.59. The van der Waals surface area contributed by atoms with E-state index in [-0.39, 0.29) is 0 Å². The average Bonchev–Trinajstić information content (AvgIpc) is 2.30. The summed E-state index contributed by atoms with van der Waals surface area (Å²) in [6.45, 7) is 5.84. The normalized spacial score (nSPS) is 12.5. The third-order valence-corrected chi connectivity index (χ3v) is 4.64. The van der Waals surface area contributed by atoms with Crippen molar-refractivity contribution < 1.29 is 5.11 Å². The minimum absolute atomic E-state index is 0.449. The van der Waals surface area contributed by atoms with Crippen LogP contribution < -0.4 is 0 Å². The number of nitrogens with zero attached hydrogens (tertiary/aromatic N) is 1. The summed E-state index contributed by atoms with van der Waals surface area (Å²) >= 11 is 5.17. The van der Waals surface area contributed by atoms with Crippen molar-refractivity contribution in [3.63, 3.8) is 0 Å². The summed E-state index contributed by atoms with van der Waals surface area (Å²) in [4.78, 5) is 5.62. The van der Waals surface area contributed by atoms with Crippen LogP contribution in [0.25, 0.3) is 0 Å². The third kappa shape index (κ3) is 3.81. The van der Waals surface area contributed by atoms with Crippen LogP contribution >= 0.6 is 27.7 Å². The molecule has 1 atom stereocenters. The highest BCUT2D eigenvalue weighted by atomic mass is 79.9. The van der Waals surface area contributed by atoms with Gasteiger partial charge in [0.05, 0.1) is 6.10 Å². The first kappa shape index (κ1) is 14.6. The zero-order valence-electron chi connectivity index (χ0n) is 11.1. The molecule has 2 rings (SSSR count). The van der Waals surface area contributed by atoms with Gasteiger partial charge in [0.2, 0.25) is 0 Å². The van der Waals surface area contributed by atoms with E-state index in [1.165, 1.54) is 5.56 Å². The Morgan fingerprint density at radius 1 is 1.21 bits per heavy atom. The summed E-state index contributed by atoms with van der Waals surface area (Å²) in [5, 5.41) is 10.6. The highest BCUT2D eigenvalue weighted by molar-refractivity contribution is 9.10. The molecule has 100 valence electrons. The molecule has 0 aliphatic carbocycles. The fraction of sp³-hybridized carbons (Fsp3) is 0.267. The van der Waals surface area contributed by atoms with Crippen LogP contribution in [0.5, 0.6) is 0 Å². The number of aryl methyl sites for hydroxylation is 2. The van der Waals surface area contributed by atoms with E-state index >= 15 is 0 Å². The number of pyridine rings is 1. The van der Waals surface area contributed by atoms with Gasteiger partial charge in [0.1, 0.15) is 5.03 Å². The van der Waals surface area contributed by atoms with Crippen molar-refractivity contribution in [2.75, 3.05) is 0 Å². The van der Waals surface area contributed by atoms with E-state index in [0.29, 0.717) is 0 Å². The molecule has 0 fully saturated rings. The molecule has 0 spiro atoms. The van der Waals surface area contributed by atoms with Crippen molar-refractivity contribution in [3.05, 3.63) is 51.6 Å². The number of hydrogen-bond acceptors (Lipinski definition) is 3. The summed E-state index contributed by atoms with van der Waals surface area (Å²) in [5.41, 5.74) is 3.15. The maximum Gasteiger partial charge on any atom is 0.101 e. The molecule has 0 bridgehead atoms. The molecule has 1 heterocycles. The molecule has 0 saturated heterocycles.